The molecule has 0 radical (unpaired) electrons. The predicted octanol–water partition coefficient (Wildman–Crippen LogP) is 4.68. The Bertz CT molecular complexity index is 210. The monoisotopic (exact) mass is 297 g/mol. The summed E-state index contributed by atoms with van der Waals surface area (Å²) in [5.74, 6) is 0. The third-order valence-electron chi connectivity index (χ3n) is 3.44. The summed E-state index contributed by atoms with van der Waals surface area (Å²) in [6.07, 6.45) is 6.25. The second kappa shape index (κ2) is 12.5. The maximum absolute atomic E-state index is 11.9. The average Bonchev–Trinajstić information content (AvgIpc) is 2.39. The van der Waals surface area contributed by atoms with E-state index in [0.29, 0.717) is 6.42 Å². The lowest BCUT2D eigenvalue weighted by Crippen LogP contribution is -2.27. The third-order valence-corrected chi connectivity index (χ3v) is 3.44. The SMILES string of the molecule is CCCCCCCCCC(CCOCC(F)(F)F)NC. The van der Waals surface area contributed by atoms with Crippen LogP contribution in [0.5, 0.6) is 0 Å². The van der Waals surface area contributed by atoms with Gasteiger partial charge < -0.3 is 10.1 Å². The first-order chi connectivity index (χ1) is 9.49. The number of rotatable bonds is 13. The Kier molecular flexibility index (Phi) is 12.3. The van der Waals surface area contributed by atoms with E-state index in [2.05, 4.69) is 17.0 Å². The van der Waals surface area contributed by atoms with Gasteiger partial charge in [-0.3, -0.25) is 0 Å². The van der Waals surface area contributed by atoms with Crippen LogP contribution in [0.3, 0.4) is 0 Å². The van der Waals surface area contributed by atoms with Crippen LogP contribution in [0.15, 0.2) is 0 Å². The number of hydrogen-bond acceptors (Lipinski definition) is 2. The van der Waals surface area contributed by atoms with Gasteiger partial charge in [0, 0.05) is 12.6 Å². The minimum Gasteiger partial charge on any atom is -0.372 e. The molecule has 0 saturated carbocycles. The lowest BCUT2D eigenvalue weighted by atomic mass is 10.0. The Morgan fingerprint density at radius 3 is 2.10 bits per heavy atom. The summed E-state index contributed by atoms with van der Waals surface area (Å²) in [5.41, 5.74) is 0. The molecule has 2 nitrogen and oxygen atoms in total. The molecule has 0 aromatic carbocycles. The van der Waals surface area contributed by atoms with E-state index in [9.17, 15) is 13.2 Å². The van der Waals surface area contributed by atoms with Gasteiger partial charge in [-0.05, 0) is 19.9 Å². The molecule has 0 spiro atoms. The molecule has 1 unspecified atom stereocenters. The fraction of sp³-hybridized carbons (Fsp3) is 1.00. The number of halogens is 3. The molecule has 20 heavy (non-hydrogen) atoms. The Hall–Kier alpha value is -0.290. The van der Waals surface area contributed by atoms with E-state index in [1.165, 1.54) is 38.5 Å². The number of nitrogens with one attached hydrogen (secondary N) is 1. The van der Waals surface area contributed by atoms with Gasteiger partial charge in [-0.1, -0.05) is 51.9 Å². The van der Waals surface area contributed by atoms with E-state index < -0.39 is 12.8 Å². The fourth-order valence-electron chi connectivity index (χ4n) is 2.19. The molecule has 1 N–H and O–H groups in total. The zero-order valence-electron chi connectivity index (χ0n) is 12.9. The van der Waals surface area contributed by atoms with E-state index >= 15 is 0 Å². The zero-order chi connectivity index (χ0) is 15.3. The first-order valence-corrected chi connectivity index (χ1v) is 7.81. The lowest BCUT2D eigenvalue weighted by molar-refractivity contribution is -0.174. The molecule has 0 rings (SSSR count). The van der Waals surface area contributed by atoms with Crippen molar-refractivity contribution in [2.75, 3.05) is 20.3 Å². The van der Waals surface area contributed by atoms with E-state index in [4.69, 9.17) is 0 Å². The van der Waals surface area contributed by atoms with Crippen LogP contribution in [0.2, 0.25) is 0 Å². The van der Waals surface area contributed by atoms with Crippen molar-refractivity contribution in [3.05, 3.63) is 0 Å². The summed E-state index contributed by atoms with van der Waals surface area (Å²) in [6.45, 7) is 1.24. The normalized spacial score (nSPS) is 13.7. The van der Waals surface area contributed by atoms with Gasteiger partial charge in [0.1, 0.15) is 6.61 Å². The fourth-order valence-corrected chi connectivity index (χ4v) is 2.19. The van der Waals surface area contributed by atoms with E-state index in [1.807, 2.05) is 7.05 Å². The average molecular weight is 297 g/mol. The second-order valence-corrected chi connectivity index (χ2v) is 5.35. The van der Waals surface area contributed by atoms with Gasteiger partial charge in [0.05, 0.1) is 0 Å². The smallest absolute Gasteiger partial charge is 0.372 e. The number of hydrogen-bond donors (Lipinski definition) is 1. The molecule has 0 aliphatic heterocycles. The Morgan fingerprint density at radius 1 is 0.950 bits per heavy atom. The Labute approximate surface area is 121 Å². The van der Waals surface area contributed by atoms with Crippen molar-refractivity contribution in [1.82, 2.24) is 5.32 Å². The Balaban J connectivity index is 3.43. The minimum absolute atomic E-state index is 0.168. The summed E-state index contributed by atoms with van der Waals surface area (Å²) >= 11 is 0. The van der Waals surface area contributed by atoms with Gasteiger partial charge in [0.25, 0.3) is 0 Å². The van der Waals surface area contributed by atoms with Crippen molar-refractivity contribution in [2.45, 2.75) is 76.9 Å². The van der Waals surface area contributed by atoms with E-state index in [0.717, 1.165) is 12.8 Å². The summed E-state index contributed by atoms with van der Waals surface area (Å²) in [4.78, 5) is 0. The highest BCUT2D eigenvalue weighted by molar-refractivity contribution is 4.64. The van der Waals surface area contributed by atoms with E-state index in [1.54, 1.807) is 0 Å². The van der Waals surface area contributed by atoms with Gasteiger partial charge >= 0.3 is 6.18 Å². The number of unbranched alkanes of at least 4 members (excludes halogenated alkanes) is 6. The van der Waals surface area contributed by atoms with Crippen LogP contribution in [0, 0.1) is 0 Å². The molecule has 0 fully saturated rings. The second-order valence-electron chi connectivity index (χ2n) is 5.35. The van der Waals surface area contributed by atoms with Crippen molar-refractivity contribution >= 4 is 0 Å². The topological polar surface area (TPSA) is 21.3 Å². The zero-order valence-corrected chi connectivity index (χ0v) is 12.9. The molecule has 122 valence electrons. The summed E-state index contributed by atoms with van der Waals surface area (Å²) in [6, 6.07) is 0.263. The van der Waals surface area contributed by atoms with Crippen LogP contribution in [-0.4, -0.2) is 32.5 Å². The van der Waals surface area contributed by atoms with Crippen LogP contribution in [0.25, 0.3) is 0 Å². The van der Waals surface area contributed by atoms with Crippen molar-refractivity contribution < 1.29 is 17.9 Å². The van der Waals surface area contributed by atoms with Gasteiger partial charge in [-0.15, -0.1) is 0 Å². The summed E-state index contributed by atoms with van der Waals surface area (Å²) < 4.78 is 40.3. The van der Waals surface area contributed by atoms with Crippen molar-refractivity contribution in [3.63, 3.8) is 0 Å². The lowest BCUT2D eigenvalue weighted by Gasteiger charge is -2.16. The molecular formula is C15H30F3NO. The summed E-state index contributed by atoms with van der Waals surface area (Å²) in [5, 5.41) is 3.15. The molecule has 1 atom stereocenters. The predicted molar refractivity (Wildman–Crippen MR) is 76.9 cm³/mol. The maximum atomic E-state index is 11.9. The van der Waals surface area contributed by atoms with E-state index in [-0.39, 0.29) is 12.6 Å². The van der Waals surface area contributed by atoms with Crippen LogP contribution in [0.4, 0.5) is 13.2 Å². The van der Waals surface area contributed by atoms with Crippen LogP contribution in [-0.2, 0) is 4.74 Å². The number of alkyl halides is 3. The molecule has 0 bridgehead atoms. The van der Waals surface area contributed by atoms with Gasteiger partial charge in [-0.2, -0.15) is 13.2 Å². The number of ether oxygens (including phenoxy) is 1. The molecule has 0 aliphatic rings. The van der Waals surface area contributed by atoms with Crippen LogP contribution >= 0.6 is 0 Å². The quantitative estimate of drug-likeness (QED) is 0.498. The highest BCUT2D eigenvalue weighted by Crippen LogP contribution is 2.15. The van der Waals surface area contributed by atoms with Gasteiger partial charge in [-0.25, -0.2) is 0 Å². The molecule has 0 aromatic heterocycles. The molecule has 0 aliphatic carbocycles. The van der Waals surface area contributed by atoms with Crippen LogP contribution < -0.4 is 5.32 Å². The highest BCUT2D eigenvalue weighted by atomic mass is 19.4. The standard InChI is InChI=1S/C15H30F3NO/c1-3-4-5-6-7-8-9-10-14(19-2)11-12-20-13-15(16,17)18/h14,19H,3-13H2,1-2H3. The first-order valence-electron chi connectivity index (χ1n) is 7.81. The molecule has 0 saturated heterocycles. The third kappa shape index (κ3) is 14.1. The first kappa shape index (κ1) is 19.7. The maximum Gasteiger partial charge on any atom is 0.411 e. The summed E-state index contributed by atoms with van der Waals surface area (Å²) in [7, 11) is 1.86. The van der Waals surface area contributed by atoms with Gasteiger partial charge in [0.2, 0.25) is 0 Å². The molecule has 0 heterocycles. The molecule has 0 aromatic rings. The van der Waals surface area contributed by atoms with Crippen molar-refractivity contribution in [2.24, 2.45) is 0 Å². The van der Waals surface area contributed by atoms with Crippen LogP contribution in [0.1, 0.15) is 64.7 Å². The highest BCUT2D eigenvalue weighted by Gasteiger charge is 2.27. The van der Waals surface area contributed by atoms with Crippen molar-refractivity contribution in [3.8, 4) is 0 Å². The van der Waals surface area contributed by atoms with Gasteiger partial charge in [0.15, 0.2) is 0 Å². The molecule has 0 amide bonds. The largest absolute Gasteiger partial charge is 0.411 e. The molecular weight excluding hydrogens is 267 g/mol. The Morgan fingerprint density at radius 2 is 1.55 bits per heavy atom. The minimum atomic E-state index is -4.21. The molecule has 5 heteroatoms. The van der Waals surface area contributed by atoms with Crippen molar-refractivity contribution in [1.29, 1.82) is 0 Å².